The zero-order valence-electron chi connectivity index (χ0n) is 14.5. The molecule has 0 saturated heterocycles. The monoisotopic (exact) mass is 325 g/mol. The van der Waals surface area contributed by atoms with Crippen LogP contribution in [-0.4, -0.2) is 4.98 Å². The molecule has 1 aromatic heterocycles. The van der Waals surface area contributed by atoms with Crippen LogP contribution in [0.25, 0.3) is 21.8 Å². The van der Waals surface area contributed by atoms with Gasteiger partial charge < -0.3 is 0 Å². The molecule has 0 fully saturated rings. The number of nitrogens with zero attached hydrogens (tertiary/aromatic N) is 1. The number of rotatable bonds is 6. The van der Waals surface area contributed by atoms with Crippen LogP contribution in [0.3, 0.4) is 0 Å². The first kappa shape index (κ1) is 15.8. The summed E-state index contributed by atoms with van der Waals surface area (Å²) >= 11 is 0. The molecule has 1 heteroatoms. The lowest BCUT2D eigenvalue weighted by atomic mass is 9.97. The maximum atomic E-state index is 4.82. The number of aromatic nitrogens is 1. The van der Waals surface area contributed by atoms with Gasteiger partial charge in [0.25, 0.3) is 0 Å². The molecule has 0 aliphatic heterocycles. The predicted molar refractivity (Wildman–Crippen MR) is 107 cm³/mol. The maximum absolute atomic E-state index is 4.82. The number of benzene rings is 3. The molecule has 0 radical (unpaired) electrons. The van der Waals surface area contributed by atoms with Crippen molar-refractivity contribution in [1.29, 1.82) is 0 Å². The summed E-state index contributed by atoms with van der Waals surface area (Å²) in [5, 5.41) is 2.62. The molecule has 1 heterocycles. The van der Waals surface area contributed by atoms with Crippen molar-refractivity contribution < 1.29 is 0 Å². The molecule has 0 bridgehead atoms. The third kappa shape index (κ3) is 3.56. The Balaban J connectivity index is 1.50. The number of hydrogen-bond donors (Lipinski definition) is 0. The molecule has 4 rings (SSSR count). The summed E-state index contributed by atoms with van der Waals surface area (Å²) in [6.07, 6.45) is 6.05. The minimum absolute atomic E-state index is 1.11. The third-order valence-electron chi connectivity index (χ3n) is 4.93. The van der Waals surface area contributed by atoms with Gasteiger partial charge in [-0.15, -0.1) is 0 Å². The van der Waals surface area contributed by atoms with E-state index in [0.29, 0.717) is 0 Å². The topological polar surface area (TPSA) is 12.9 Å². The summed E-state index contributed by atoms with van der Waals surface area (Å²) in [6, 6.07) is 27.9. The van der Waals surface area contributed by atoms with E-state index < -0.39 is 0 Å². The van der Waals surface area contributed by atoms with Gasteiger partial charge in [-0.2, -0.15) is 0 Å². The molecule has 0 saturated carbocycles. The molecule has 0 spiro atoms. The van der Waals surface area contributed by atoms with E-state index >= 15 is 0 Å². The Morgan fingerprint density at radius 1 is 0.520 bits per heavy atom. The van der Waals surface area contributed by atoms with E-state index in [1.165, 1.54) is 47.6 Å². The van der Waals surface area contributed by atoms with Gasteiger partial charge >= 0.3 is 0 Å². The van der Waals surface area contributed by atoms with Crippen LogP contribution in [0.5, 0.6) is 0 Å². The number of para-hydroxylation sites is 2. The highest BCUT2D eigenvalue weighted by atomic mass is 14.7. The number of fused-ring (bicyclic) bond motifs is 2. The van der Waals surface area contributed by atoms with Crippen molar-refractivity contribution in [3.63, 3.8) is 0 Å². The molecule has 3 aromatic carbocycles. The first-order valence-corrected chi connectivity index (χ1v) is 9.22. The first-order chi connectivity index (χ1) is 12.4. The second kappa shape index (κ2) is 7.48. The van der Waals surface area contributed by atoms with E-state index in [0.717, 1.165) is 17.5 Å². The largest absolute Gasteiger partial charge is 0.248 e. The minimum Gasteiger partial charge on any atom is -0.248 e. The van der Waals surface area contributed by atoms with E-state index in [9.17, 15) is 0 Å². The van der Waals surface area contributed by atoms with Crippen molar-refractivity contribution in [3.8, 4) is 0 Å². The second-order valence-electron chi connectivity index (χ2n) is 6.67. The van der Waals surface area contributed by atoms with Gasteiger partial charge in [0.15, 0.2) is 0 Å². The van der Waals surface area contributed by atoms with Crippen LogP contribution >= 0.6 is 0 Å². The van der Waals surface area contributed by atoms with Gasteiger partial charge in [-0.1, -0.05) is 73.2 Å². The molecule has 0 atom stereocenters. The van der Waals surface area contributed by atoms with Crippen LogP contribution < -0.4 is 0 Å². The van der Waals surface area contributed by atoms with Gasteiger partial charge in [0.2, 0.25) is 0 Å². The smallest absolute Gasteiger partial charge is 0.0712 e. The zero-order chi connectivity index (χ0) is 16.9. The van der Waals surface area contributed by atoms with Crippen LogP contribution in [0.15, 0.2) is 78.9 Å². The summed E-state index contributed by atoms with van der Waals surface area (Å²) in [7, 11) is 0. The van der Waals surface area contributed by atoms with Gasteiger partial charge in [-0.25, -0.2) is 4.98 Å². The van der Waals surface area contributed by atoms with Gasteiger partial charge in [-0.05, 0) is 48.9 Å². The van der Waals surface area contributed by atoms with Crippen molar-refractivity contribution >= 4 is 21.8 Å². The van der Waals surface area contributed by atoms with Crippen LogP contribution in [-0.2, 0) is 12.8 Å². The second-order valence-corrected chi connectivity index (χ2v) is 6.67. The van der Waals surface area contributed by atoms with Crippen molar-refractivity contribution in [2.24, 2.45) is 0 Å². The molecule has 25 heavy (non-hydrogen) atoms. The normalized spacial score (nSPS) is 11.2. The summed E-state index contributed by atoms with van der Waals surface area (Å²) in [6.45, 7) is 0. The lowest BCUT2D eigenvalue weighted by molar-refractivity contribution is 0.681. The molecule has 0 unspecified atom stereocenters. The molecule has 0 aliphatic carbocycles. The Morgan fingerprint density at radius 3 is 1.76 bits per heavy atom. The van der Waals surface area contributed by atoms with E-state index in [1.54, 1.807) is 0 Å². The fraction of sp³-hybridized carbons (Fsp3) is 0.208. The first-order valence-electron chi connectivity index (χ1n) is 9.22. The van der Waals surface area contributed by atoms with Gasteiger partial charge in [0.05, 0.1) is 11.0 Å². The standard InChI is InChI=1S/C24H23N/c1-3-11-19(12-4-1)13-5-2-6-14-20-21-15-7-9-17-23(21)25-24-18-10-8-16-22(20)24/h1,3-4,7-12,15-18H,2,5-6,13-14H2. The van der Waals surface area contributed by atoms with Crippen LogP contribution in [0.2, 0.25) is 0 Å². The van der Waals surface area contributed by atoms with E-state index in [-0.39, 0.29) is 0 Å². The summed E-state index contributed by atoms with van der Waals surface area (Å²) < 4.78 is 0. The van der Waals surface area contributed by atoms with Crippen molar-refractivity contribution in [1.82, 2.24) is 4.98 Å². The van der Waals surface area contributed by atoms with Crippen LogP contribution in [0, 0.1) is 0 Å². The Hall–Kier alpha value is -2.67. The fourth-order valence-corrected chi connectivity index (χ4v) is 3.65. The van der Waals surface area contributed by atoms with Gasteiger partial charge in [0, 0.05) is 10.8 Å². The number of hydrogen-bond acceptors (Lipinski definition) is 1. The summed E-state index contributed by atoms with van der Waals surface area (Å²) in [5.74, 6) is 0. The minimum atomic E-state index is 1.11. The highest BCUT2D eigenvalue weighted by molar-refractivity contribution is 5.97. The third-order valence-corrected chi connectivity index (χ3v) is 4.93. The molecular weight excluding hydrogens is 302 g/mol. The quantitative estimate of drug-likeness (QED) is 0.297. The SMILES string of the molecule is c1ccc(CCCCCc2c3ccccc3nc3ccccc23)cc1. The molecular formula is C24H23N. The Labute approximate surface area is 149 Å². The molecule has 1 nitrogen and oxygen atoms in total. The number of pyridine rings is 1. The summed E-state index contributed by atoms with van der Waals surface area (Å²) in [4.78, 5) is 4.82. The average molecular weight is 325 g/mol. The summed E-state index contributed by atoms with van der Waals surface area (Å²) in [5.41, 5.74) is 5.13. The van der Waals surface area contributed by atoms with Crippen molar-refractivity contribution in [2.75, 3.05) is 0 Å². The Morgan fingerprint density at radius 2 is 1.08 bits per heavy atom. The molecule has 0 aliphatic rings. The van der Waals surface area contributed by atoms with Gasteiger partial charge in [-0.3, -0.25) is 0 Å². The van der Waals surface area contributed by atoms with Gasteiger partial charge in [0.1, 0.15) is 0 Å². The average Bonchev–Trinajstić information content (AvgIpc) is 2.68. The lowest BCUT2D eigenvalue weighted by Crippen LogP contribution is -1.94. The van der Waals surface area contributed by atoms with E-state index in [4.69, 9.17) is 4.98 Å². The highest BCUT2D eigenvalue weighted by Gasteiger charge is 2.08. The lowest BCUT2D eigenvalue weighted by Gasteiger charge is -2.11. The Bertz CT molecular complexity index is 919. The maximum Gasteiger partial charge on any atom is 0.0712 e. The van der Waals surface area contributed by atoms with Crippen LogP contribution in [0.4, 0.5) is 0 Å². The molecule has 4 aromatic rings. The fourth-order valence-electron chi connectivity index (χ4n) is 3.65. The number of unbranched alkanes of at least 4 members (excludes halogenated alkanes) is 2. The van der Waals surface area contributed by atoms with E-state index in [2.05, 4.69) is 78.9 Å². The van der Waals surface area contributed by atoms with Crippen molar-refractivity contribution in [2.45, 2.75) is 32.1 Å². The Kier molecular flexibility index (Phi) is 4.74. The zero-order valence-corrected chi connectivity index (χ0v) is 14.5. The molecule has 0 N–H and O–H groups in total. The van der Waals surface area contributed by atoms with E-state index in [1.807, 2.05) is 0 Å². The molecule has 0 amide bonds. The molecule has 124 valence electrons. The predicted octanol–water partition coefficient (Wildman–Crippen LogP) is 6.34. The highest BCUT2D eigenvalue weighted by Crippen LogP contribution is 2.27. The van der Waals surface area contributed by atoms with Crippen LogP contribution in [0.1, 0.15) is 30.4 Å². The number of aryl methyl sites for hydroxylation is 2. The van der Waals surface area contributed by atoms with Crippen molar-refractivity contribution in [3.05, 3.63) is 90.0 Å².